The highest BCUT2D eigenvalue weighted by atomic mass is 16.2. The molecule has 4 nitrogen and oxygen atoms in total. The molecule has 1 aromatic carbocycles. The van der Waals surface area contributed by atoms with Crippen molar-refractivity contribution in [2.45, 2.75) is 32.2 Å². The Labute approximate surface area is 107 Å². The lowest BCUT2D eigenvalue weighted by Gasteiger charge is -2.19. The molecule has 18 heavy (non-hydrogen) atoms. The topological polar surface area (TPSA) is 49.4 Å². The van der Waals surface area contributed by atoms with E-state index in [0.717, 1.165) is 12.0 Å². The van der Waals surface area contributed by atoms with Crippen molar-refractivity contribution < 1.29 is 9.59 Å². The smallest absolute Gasteiger partial charge is 0.324 e. The summed E-state index contributed by atoms with van der Waals surface area (Å²) >= 11 is 0. The summed E-state index contributed by atoms with van der Waals surface area (Å²) in [5, 5.41) is 2.93. The average Bonchev–Trinajstić information content (AvgIpc) is 2.53. The minimum absolute atomic E-state index is 0.0653. The molecule has 1 atom stereocenters. The Morgan fingerprint density at radius 1 is 1.28 bits per heavy atom. The molecule has 0 spiro atoms. The highest BCUT2D eigenvalue weighted by Crippen LogP contribution is 2.22. The van der Waals surface area contributed by atoms with Gasteiger partial charge in [-0.15, -0.1) is 0 Å². The van der Waals surface area contributed by atoms with Gasteiger partial charge in [-0.05, 0) is 18.4 Å². The standard InChI is InChI=1S/C14H18N2O2/c1-2-10-16-13(17)9-8-12(15-14(16)18)11-6-4-3-5-7-11/h3-7,12H,2,8-10H2,1H3,(H,15,18). The van der Waals surface area contributed by atoms with E-state index in [-0.39, 0.29) is 18.0 Å². The lowest BCUT2D eigenvalue weighted by molar-refractivity contribution is -0.127. The first-order valence-corrected chi connectivity index (χ1v) is 6.38. The number of carbonyl (C=O) groups excluding carboxylic acids is 2. The van der Waals surface area contributed by atoms with Gasteiger partial charge in [0.2, 0.25) is 5.91 Å². The van der Waals surface area contributed by atoms with E-state index < -0.39 is 0 Å². The number of amides is 3. The lowest BCUT2D eigenvalue weighted by Crippen LogP contribution is -2.42. The van der Waals surface area contributed by atoms with Crippen LogP contribution in [0.2, 0.25) is 0 Å². The fraction of sp³-hybridized carbons (Fsp3) is 0.429. The molecular weight excluding hydrogens is 228 g/mol. The molecule has 96 valence electrons. The number of nitrogens with one attached hydrogen (secondary N) is 1. The average molecular weight is 246 g/mol. The summed E-state index contributed by atoms with van der Waals surface area (Å²) in [4.78, 5) is 25.2. The number of nitrogens with zero attached hydrogens (tertiary/aromatic N) is 1. The van der Waals surface area contributed by atoms with E-state index in [4.69, 9.17) is 0 Å². The third-order valence-corrected chi connectivity index (χ3v) is 3.14. The zero-order chi connectivity index (χ0) is 13.0. The molecule has 1 aliphatic heterocycles. The molecule has 0 radical (unpaired) electrons. The summed E-state index contributed by atoms with van der Waals surface area (Å²) in [6.45, 7) is 2.45. The van der Waals surface area contributed by atoms with Crippen LogP contribution < -0.4 is 5.32 Å². The largest absolute Gasteiger partial charge is 0.331 e. The van der Waals surface area contributed by atoms with Crippen molar-refractivity contribution in [2.75, 3.05) is 6.54 Å². The fourth-order valence-corrected chi connectivity index (χ4v) is 2.20. The minimum Gasteiger partial charge on any atom is -0.331 e. The van der Waals surface area contributed by atoms with Crippen LogP contribution >= 0.6 is 0 Å². The summed E-state index contributed by atoms with van der Waals surface area (Å²) in [5.74, 6) is -0.0761. The Morgan fingerprint density at radius 2 is 2.00 bits per heavy atom. The Morgan fingerprint density at radius 3 is 2.67 bits per heavy atom. The summed E-state index contributed by atoms with van der Waals surface area (Å²) in [6.07, 6.45) is 1.86. The van der Waals surface area contributed by atoms with Gasteiger partial charge in [-0.2, -0.15) is 0 Å². The van der Waals surface area contributed by atoms with Gasteiger partial charge in [0, 0.05) is 13.0 Å². The first kappa shape index (κ1) is 12.6. The van der Waals surface area contributed by atoms with Gasteiger partial charge in [0.05, 0.1) is 6.04 Å². The zero-order valence-electron chi connectivity index (χ0n) is 10.6. The molecule has 3 amide bonds. The van der Waals surface area contributed by atoms with Crippen LogP contribution in [0.25, 0.3) is 0 Å². The molecule has 0 bridgehead atoms. The van der Waals surface area contributed by atoms with Crippen LogP contribution in [0.5, 0.6) is 0 Å². The fourth-order valence-electron chi connectivity index (χ4n) is 2.20. The van der Waals surface area contributed by atoms with Crippen LogP contribution in [-0.2, 0) is 4.79 Å². The third kappa shape index (κ3) is 2.70. The predicted molar refractivity (Wildman–Crippen MR) is 69.0 cm³/mol. The molecule has 2 rings (SSSR count). The number of urea groups is 1. The van der Waals surface area contributed by atoms with Crippen molar-refractivity contribution >= 4 is 11.9 Å². The molecule has 1 saturated heterocycles. The van der Waals surface area contributed by atoms with Gasteiger partial charge in [0.1, 0.15) is 0 Å². The van der Waals surface area contributed by atoms with Gasteiger partial charge in [-0.3, -0.25) is 9.69 Å². The van der Waals surface area contributed by atoms with Crippen LogP contribution in [0.3, 0.4) is 0 Å². The Balaban J connectivity index is 2.14. The van der Waals surface area contributed by atoms with E-state index in [2.05, 4.69) is 5.32 Å². The Hall–Kier alpha value is -1.84. The van der Waals surface area contributed by atoms with Crippen molar-refractivity contribution in [3.8, 4) is 0 Å². The monoisotopic (exact) mass is 246 g/mol. The maximum atomic E-state index is 12.0. The van der Waals surface area contributed by atoms with Gasteiger partial charge in [-0.25, -0.2) is 4.79 Å². The van der Waals surface area contributed by atoms with Crippen LogP contribution in [0.1, 0.15) is 37.8 Å². The summed E-state index contributed by atoms with van der Waals surface area (Å²) in [7, 11) is 0. The lowest BCUT2D eigenvalue weighted by atomic mass is 10.0. The van der Waals surface area contributed by atoms with E-state index in [1.807, 2.05) is 37.3 Å². The van der Waals surface area contributed by atoms with Crippen LogP contribution in [-0.4, -0.2) is 23.4 Å². The first-order valence-electron chi connectivity index (χ1n) is 6.38. The van der Waals surface area contributed by atoms with Crippen molar-refractivity contribution in [3.63, 3.8) is 0 Å². The van der Waals surface area contributed by atoms with Crippen LogP contribution in [0.4, 0.5) is 4.79 Å². The van der Waals surface area contributed by atoms with Gasteiger partial charge in [0.25, 0.3) is 0 Å². The Bertz CT molecular complexity index is 431. The number of rotatable bonds is 3. The number of hydrogen-bond donors (Lipinski definition) is 1. The van der Waals surface area contributed by atoms with Crippen molar-refractivity contribution in [1.29, 1.82) is 0 Å². The second-order valence-electron chi connectivity index (χ2n) is 4.50. The number of imide groups is 1. The maximum absolute atomic E-state index is 12.0. The third-order valence-electron chi connectivity index (χ3n) is 3.14. The Kier molecular flexibility index (Phi) is 3.97. The summed E-state index contributed by atoms with van der Waals surface area (Å²) in [5.41, 5.74) is 1.05. The first-order chi connectivity index (χ1) is 8.72. The molecule has 0 aromatic heterocycles. The molecule has 4 heteroatoms. The second-order valence-corrected chi connectivity index (χ2v) is 4.50. The molecule has 1 aliphatic rings. The van der Waals surface area contributed by atoms with E-state index in [1.165, 1.54) is 4.90 Å². The molecule has 1 N–H and O–H groups in total. The van der Waals surface area contributed by atoms with Crippen LogP contribution in [0, 0.1) is 0 Å². The van der Waals surface area contributed by atoms with Gasteiger partial charge >= 0.3 is 6.03 Å². The SMILES string of the molecule is CCCN1C(=O)CCC(c2ccccc2)NC1=O. The molecular formula is C14H18N2O2. The molecule has 1 aromatic rings. The zero-order valence-corrected chi connectivity index (χ0v) is 10.6. The highest BCUT2D eigenvalue weighted by Gasteiger charge is 2.28. The number of benzene rings is 1. The molecule has 1 heterocycles. The van der Waals surface area contributed by atoms with Crippen molar-refractivity contribution in [1.82, 2.24) is 10.2 Å². The highest BCUT2D eigenvalue weighted by molar-refractivity contribution is 5.95. The van der Waals surface area contributed by atoms with Gasteiger partial charge in [0.15, 0.2) is 0 Å². The normalized spacial score (nSPS) is 20.5. The van der Waals surface area contributed by atoms with Gasteiger partial charge < -0.3 is 5.32 Å². The van der Waals surface area contributed by atoms with E-state index >= 15 is 0 Å². The van der Waals surface area contributed by atoms with Gasteiger partial charge in [-0.1, -0.05) is 37.3 Å². The van der Waals surface area contributed by atoms with Crippen molar-refractivity contribution in [2.24, 2.45) is 0 Å². The predicted octanol–water partition coefficient (Wildman–Crippen LogP) is 2.47. The number of carbonyl (C=O) groups is 2. The molecule has 0 aliphatic carbocycles. The van der Waals surface area contributed by atoms with E-state index in [0.29, 0.717) is 19.4 Å². The maximum Gasteiger partial charge on any atom is 0.324 e. The molecule has 1 unspecified atom stereocenters. The minimum atomic E-state index is -0.270. The number of hydrogen-bond acceptors (Lipinski definition) is 2. The van der Waals surface area contributed by atoms with E-state index in [1.54, 1.807) is 0 Å². The second kappa shape index (κ2) is 5.67. The quantitative estimate of drug-likeness (QED) is 0.890. The molecule has 0 saturated carbocycles. The molecule has 1 fully saturated rings. The van der Waals surface area contributed by atoms with Crippen LogP contribution in [0.15, 0.2) is 30.3 Å². The summed E-state index contributed by atoms with van der Waals surface area (Å²) < 4.78 is 0. The van der Waals surface area contributed by atoms with E-state index in [9.17, 15) is 9.59 Å². The summed E-state index contributed by atoms with van der Waals surface area (Å²) in [6, 6.07) is 9.44. The van der Waals surface area contributed by atoms with Crippen molar-refractivity contribution in [3.05, 3.63) is 35.9 Å².